The number of carbonyl (C=O) groups is 2. The number of hydrogen-bond acceptors (Lipinski definition) is 4. The van der Waals surface area contributed by atoms with Crippen LogP contribution in [-0.4, -0.2) is 33.0 Å². The first-order valence-corrected chi connectivity index (χ1v) is 8.91. The van der Waals surface area contributed by atoms with Gasteiger partial charge >= 0.3 is 5.97 Å². The van der Waals surface area contributed by atoms with E-state index in [0.29, 0.717) is 12.0 Å². The number of rotatable bonds is 7. The number of alkyl halides is 1. The van der Waals surface area contributed by atoms with Crippen LogP contribution in [0, 0.1) is 0 Å². The second-order valence-electron chi connectivity index (χ2n) is 6.33. The maximum Gasteiger partial charge on any atom is 0.330 e. The van der Waals surface area contributed by atoms with Crippen LogP contribution in [-0.2, 0) is 9.53 Å². The Bertz CT molecular complexity index is 597. The van der Waals surface area contributed by atoms with Gasteiger partial charge in [0.2, 0.25) is 0 Å². The molecule has 2 atom stereocenters. The second kappa shape index (κ2) is 9.74. The Kier molecular flexibility index (Phi) is 8.35. The van der Waals surface area contributed by atoms with Crippen LogP contribution in [0.25, 0.3) is 6.08 Å². The molecule has 0 saturated heterocycles. The van der Waals surface area contributed by atoms with Crippen molar-refractivity contribution in [2.75, 3.05) is 0 Å². The minimum atomic E-state index is -0.602. The zero-order valence-corrected chi connectivity index (χ0v) is 16.3. The first-order chi connectivity index (χ1) is 11.2. The number of esters is 1. The summed E-state index contributed by atoms with van der Waals surface area (Å²) in [5, 5.41) is 10.1. The molecule has 0 aliphatic rings. The number of hydrogen-bond donors (Lipinski definition) is 1. The molecule has 0 aliphatic carbocycles. The monoisotopic (exact) mass is 442 g/mol. The van der Waals surface area contributed by atoms with Crippen LogP contribution in [0.15, 0.2) is 42.5 Å². The Labute approximate surface area is 156 Å². The molecule has 1 rings (SSSR count). The van der Waals surface area contributed by atoms with E-state index in [0.717, 1.165) is 11.8 Å². The number of aliphatic hydroxyl groups excluding tert-OH is 1. The minimum Gasteiger partial charge on any atom is -0.457 e. The third kappa shape index (κ3) is 8.40. The summed E-state index contributed by atoms with van der Waals surface area (Å²) in [6.45, 7) is 5.42. The first-order valence-electron chi connectivity index (χ1n) is 7.66. The fraction of sp³-hybridized carbons (Fsp3) is 0.368. The lowest BCUT2D eigenvalue weighted by molar-refractivity contribution is -0.148. The third-order valence-corrected chi connectivity index (χ3v) is 4.20. The van der Waals surface area contributed by atoms with Crippen molar-refractivity contribution < 1.29 is 19.4 Å². The summed E-state index contributed by atoms with van der Waals surface area (Å²) >= 11 is 2.14. The van der Waals surface area contributed by atoms with Gasteiger partial charge in [0.25, 0.3) is 0 Å². The predicted octanol–water partition coefficient (Wildman–Crippen LogP) is 3.96. The van der Waals surface area contributed by atoms with Crippen LogP contribution in [0.3, 0.4) is 0 Å². The van der Waals surface area contributed by atoms with E-state index in [-0.39, 0.29) is 3.92 Å². The molecule has 1 unspecified atom stereocenters. The molecule has 5 heteroatoms. The summed E-state index contributed by atoms with van der Waals surface area (Å²) in [5.74, 6) is -0.412. The van der Waals surface area contributed by atoms with Crippen LogP contribution in [0.5, 0.6) is 0 Å². The maximum absolute atomic E-state index is 11.5. The normalized spacial score (nSPS) is 14.7. The van der Waals surface area contributed by atoms with Gasteiger partial charge in [-0.15, -0.1) is 0 Å². The van der Waals surface area contributed by atoms with Gasteiger partial charge in [0.15, 0.2) is 0 Å². The number of benzene rings is 1. The Morgan fingerprint density at radius 3 is 2.38 bits per heavy atom. The molecular formula is C19H23IO4. The van der Waals surface area contributed by atoms with E-state index in [1.54, 1.807) is 39.0 Å². The van der Waals surface area contributed by atoms with Crippen molar-refractivity contribution in [1.29, 1.82) is 0 Å². The molecule has 4 nitrogen and oxygen atoms in total. The van der Waals surface area contributed by atoms with E-state index >= 15 is 0 Å². The highest BCUT2D eigenvalue weighted by molar-refractivity contribution is 14.1. The highest BCUT2D eigenvalue weighted by Crippen LogP contribution is 2.15. The van der Waals surface area contributed by atoms with E-state index in [2.05, 4.69) is 22.6 Å². The van der Waals surface area contributed by atoms with E-state index in [9.17, 15) is 14.7 Å². The van der Waals surface area contributed by atoms with Gasteiger partial charge in [0.05, 0.1) is 10.0 Å². The summed E-state index contributed by atoms with van der Waals surface area (Å²) < 4.78 is 5.06. The molecule has 0 amide bonds. The Morgan fingerprint density at radius 1 is 1.25 bits per heavy atom. The van der Waals surface area contributed by atoms with Crippen molar-refractivity contribution in [2.45, 2.75) is 42.8 Å². The van der Waals surface area contributed by atoms with Gasteiger partial charge < -0.3 is 9.84 Å². The maximum atomic E-state index is 11.5. The van der Waals surface area contributed by atoms with Gasteiger partial charge in [0, 0.05) is 11.6 Å². The highest BCUT2D eigenvalue weighted by atomic mass is 127. The molecule has 0 saturated carbocycles. The molecule has 0 heterocycles. The number of halogens is 1. The molecule has 0 aromatic heterocycles. The lowest BCUT2D eigenvalue weighted by Gasteiger charge is -2.18. The molecule has 1 aromatic carbocycles. The Balaban J connectivity index is 2.48. The van der Waals surface area contributed by atoms with Crippen LogP contribution >= 0.6 is 22.6 Å². The van der Waals surface area contributed by atoms with Crippen molar-refractivity contribution in [2.24, 2.45) is 0 Å². The van der Waals surface area contributed by atoms with Crippen molar-refractivity contribution in [3.05, 3.63) is 53.6 Å². The smallest absolute Gasteiger partial charge is 0.330 e. The lowest BCUT2D eigenvalue weighted by atomic mass is 10.1. The van der Waals surface area contributed by atoms with Gasteiger partial charge in [0.1, 0.15) is 11.9 Å². The summed E-state index contributed by atoms with van der Waals surface area (Å²) in [4.78, 5) is 22.1. The summed E-state index contributed by atoms with van der Waals surface area (Å²) in [7, 11) is 0. The number of aliphatic hydroxyl groups is 1. The van der Waals surface area contributed by atoms with E-state index in [4.69, 9.17) is 4.74 Å². The van der Waals surface area contributed by atoms with E-state index in [1.165, 1.54) is 6.08 Å². The predicted molar refractivity (Wildman–Crippen MR) is 104 cm³/mol. The van der Waals surface area contributed by atoms with Crippen molar-refractivity contribution in [3.63, 3.8) is 0 Å². The van der Waals surface area contributed by atoms with Crippen LogP contribution < -0.4 is 0 Å². The zero-order valence-electron chi connectivity index (χ0n) is 14.1. The lowest BCUT2D eigenvalue weighted by Crippen LogP contribution is -2.22. The molecule has 0 spiro atoms. The average molecular weight is 442 g/mol. The number of carbonyl (C=O) groups excluding carboxylic acids is 2. The topological polar surface area (TPSA) is 63.6 Å². The molecule has 0 fully saturated rings. The zero-order chi connectivity index (χ0) is 18.2. The van der Waals surface area contributed by atoms with Gasteiger partial charge in [-0.25, -0.2) is 4.79 Å². The molecule has 1 aromatic rings. The standard InChI is InChI=1S/C19H23IO4/c1-19(2,3)24-18(23)6-4-5-17(22)16(20)12-11-14-7-9-15(13-21)10-8-14/h4,6-13,16-17,22H,5H2,1-3H3/b6-4+,12-11+/t16?,17-/m0/s1. The van der Waals surface area contributed by atoms with Gasteiger partial charge in [-0.3, -0.25) is 4.79 Å². The SMILES string of the molecule is CC(C)(C)OC(=O)/C=C/C[C@H](O)C(I)/C=C/c1ccc(C=O)cc1. The van der Waals surface area contributed by atoms with Crippen molar-refractivity contribution in [1.82, 2.24) is 0 Å². The Morgan fingerprint density at radius 2 is 1.83 bits per heavy atom. The van der Waals surface area contributed by atoms with E-state index in [1.807, 2.05) is 24.3 Å². The molecule has 0 aliphatic heterocycles. The molecular weight excluding hydrogens is 419 g/mol. The molecule has 0 radical (unpaired) electrons. The van der Waals surface area contributed by atoms with Crippen molar-refractivity contribution in [3.8, 4) is 0 Å². The number of ether oxygens (including phenoxy) is 1. The molecule has 1 N–H and O–H groups in total. The second-order valence-corrected chi connectivity index (χ2v) is 7.77. The molecule has 130 valence electrons. The first kappa shape index (κ1) is 20.6. The third-order valence-electron chi connectivity index (χ3n) is 2.95. The summed E-state index contributed by atoms with van der Waals surface area (Å²) in [6, 6.07) is 7.18. The molecule has 0 bridgehead atoms. The van der Waals surface area contributed by atoms with Crippen LogP contribution in [0.1, 0.15) is 43.1 Å². The summed E-state index contributed by atoms with van der Waals surface area (Å²) in [5.41, 5.74) is 1.07. The molecule has 24 heavy (non-hydrogen) atoms. The Hall–Kier alpha value is -1.47. The highest BCUT2D eigenvalue weighted by Gasteiger charge is 2.15. The fourth-order valence-electron chi connectivity index (χ4n) is 1.79. The van der Waals surface area contributed by atoms with E-state index < -0.39 is 17.7 Å². The fourth-order valence-corrected chi connectivity index (χ4v) is 2.29. The minimum absolute atomic E-state index is 0.100. The quantitative estimate of drug-likeness (QED) is 0.228. The average Bonchev–Trinajstić information content (AvgIpc) is 2.51. The van der Waals surface area contributed by atoms with Gasteiger partial charge in [-0.1, -0.05) is 65.1 Å². The van der Waals surface area contributed by atoms with Crippen molar-refractivity contribution >= 4 is 40.9 Å². The van der Waals surface area contributed by atoms with Gasteiger partial charge in [-0.2, -0.15) is 0 Å². The van der Waals surface area contributed by atoms with Crippen LogP contribution in [0.4, 0.5) is 0 Å². The van der Waals surface area contributed by atoms with Crippen LogP contribution in [0.2, 0.25) is 0 Å². The summed E-state index contributed by atoms with van der Waals surface area (Å²) in [6.07, 6.45) is 7.32. The number of aldehydes is 1. The van der Waals surface area contributed by atoms with Gasteiger partial charge in [-0.05, 0) is 32.8 Å². The largest absolute Gasteiger partial charge is 0.457 e.